The molecule has 0 aliphatic rings. The maximum Gasteiger partial charge on any atom is 0.225 e. The van der Waals surface area contributed by atoms with Crippen LogP contribution in [-0.2, 0) is 0 Å². The third-order valence-electron chi connectivity index (χ3n) is 3.60. The summed E-state index contributed by atoms with van der Waals surface area (Å²) in [5.74, 6) is 1.30. The SMILES string of the molecule is COc1cc(C(=O)Sc2ncnc3ccccc23)cc(OC)c1OC. The summed E-state index contributed by atoms with van der Waals surface area (Å²) in [6.45, 7) is 0. The number of carbonyl (C=O) groups is 1. The van der Waals surface area contributed by atoms with Gasteiger partial charge in [-0.1, -0.05) is 18.2 Å². The third kappa shape index (κ3) is 3.36. The van der Waals surface area contributed by atoms with E-state index in [9.17, 15) is 4.79 Å². The zero-order valence-corrected chi connectivity index (χ0v) is 14.8. The predicted molar refractivity (Wildman–Crippen MR) is 95.8 cm³/mol. The highest BCUT2D eigenvalue weighted by molar-refractivity contribution is 8.14. The molecule has 0 radical (unpaired) electrons. The minimum Gasteiger partial charge on any atom is -0.493 e. The summed E-state index contributed by atoms with van der Waals surface area (Å²) in [6.07, 6.45) is 1.45. The van der Waals surface area contributed by atoms with E-state index in [-0.39, 0.29) is 5.12 Å². The molecule has 0 fully saturated rings. The number of aromatic nitrogens is 2. The topological polar surface area (TPSA) is 70.5 Å². The minimum atomic E-state index is -0.178. The molecule has 0 N–H and O–H groups in total. The summed E-state index contributed by atoms with van der Waals surface area (Å²) in [6, 6.07) is 10.8. The number of ether oxygens (including phenoxy) is 3. The van der Waals surface area contributed by atoms with Crippen molar-refractivity contribution < 1.29 is 19.0 Å². The van der Waals surface area contributed by atoms with E-state index in [0.717, 1.165) is 22.7 Å². The second-order valence-electron chi connectivity index (χ2n) is 5.00. The molecule has 128 valence electrons. The zero-order valence-electron chi connectivity index (χ0n) is 14.0. The normalized spacial score (nSPS) is 10.5. The average Bonchev–Trinajstić information content (AvgIpc) is 2.66. The second kappa shape index (κ2) is 7.40. The lowest BCUT2D eigenvalue weighted by molar-refractivity contribution is 0.108. The molecule has 1 aromatic heterocycles. The Morgan fingerprint density at radius 2 is 1.64 bits per heavy atom. The van der Waals surface area contributed by atoms with Crippen molar-refractivity contribution in [1.82, 2.24) is 9.97 Å². The maximum atomic E-state index is 12.7. The molecule has 3 aromatic rings. The van der Waals surface area contributed by atoms with Crippen molar-refractivity contribution in [2.75, 3.05) is 21.3 Å². The Kier molecular flexibility index (Phi) is 5.04. The fourth-order valence-electron chi connectivity index (χ4n) is 2.41. The van der Waals surface area contributed by atoms with Gasteiger partial charge in [0.15, 0.2) is 11.5 Å². The van der Waals surface area contributed by atoms with Gasteiger partial charge in [-0.3, -0.25) is 4.79 Å². The molecular formula is C18H16N2O4S. The highest BCUT2D eigenvalue weighted by Crippen LogP contribution is 2.39. The lowest BCUT2D eigenvalue weighted by Gasteiger charge is -2.13. The summed E-state index contributed by atoms with van der Waals surface area (Å²) >= 11 is 1.04. The summed E-state index contributed by atoms with van der Waals surface area (Å²) in [5, 5.41) is 1.25. The van der Waals surface area contributed by atoms with E-state index in [4.69, 9.17) is 14.2 Å². The molecule has 0 bridgehead atoms. The molecule has 2 aromatic carbocycles. The first-order valence-corrected chi connectivity index (χ1v) is 8.21. The zero-order chi connectivity index (χ0) is 17.8. The van der Waals surface area contributed by atoms with Crippen LogP contribution in [0.5, 0.6) is 17.2 Å². The van der Waals surface area contributed by atoms with E-state index in [1.165, 1.54) is 27.7 Å². The van der Waals surface area contributed by atoms with Gasteiger partial charge in [0.1, 0.15) is 11.4 Å². The Hall–Kier alpha value is -2.80. The number of methoxy groups -OCH3 is 3. The summed E-state index contributed by atoms with van der Waals surface area (Å²) in [7, 11) is 4.54. The highest BCUT2D eigenvalue weighted by Gasteiger charge is 2.19. The van der Waals surface area contributed by atoms with Crippen molar-refractivity contribution in [2.24, 2.45) is 0 Å². The second-order valence-corrected chi connectivity index (χ2v) is 5.96. The van der Waals surface area contributed by atoms with Gasteiger partial charge in [-0.25, -0.2) is 9.97 Å². The first-order chi connectivity index (χ1) is 12.2. The van der Waals surface area contributed by atoms with E-state index >= 15 is 0 Å². The number of nitrogens with zero attached hydrogens (tertiary/aromatic N) is 2. The van der Waals surface area contributed by atoms with Crippen LogP contribution in [0.15, 0.2) is 47.8 Å². The molecule has 0 aliphatic heterocycles. The molecule has 0 aliphatic carbocycles. The number of fused-ring (bicyclic) bond motifs is 1. The summed E-state index contributed by atoms with van der Waals surface area (Å²) < 4.78 is 15.9. The molecule has 25 heavy (non-hydrogen) atoms. The van der Waals surface area contributed by atoms with Gasteiger partial charge in [-0.2, -0.15) is 0 Å². The molecular weight excluding hydrogens is 340 g/mol. The third-order valence-corrected chi connectivity index (χ3v) is 4.54. The van der Waals surface area contributed by atoms with Gasteiger partial charge in [-0.15, -0.1) is 0 Å². The molecule has 0 spiro atoms. The number of rotatable bonds is 5. The van der Waals surface area contributed by atoms with E-state index in [2.05, 4.69) is 9.97 Å². The van der Waals surface area contributed by atoms with Crippen LogP contribution in [0.1, 0.15) is 10.4 Å². The predicted octanol–water partition coefficient (Wildman–Crippen LogP) is 3.59. The summed E-state index contributed by atoms with van der Waals surface area (Å²) in [5.41, 5.74) is 1.22. The van der Waals surface area contributed by atoms with Gasteiger partial charge < -0.3 is 14.2 Å². The molecule has 0 atom stereocenters. The van der Waals surface area contributed by atoms with Crippen LogP contribution >= 0.6 is 11.8 Å². The Labute approximate surface area is 149 Å². The van der Waals surface area contributed by atoms with Crippen LogP contribution in [0.3, 0.4) is 0 Å². The first kappa shape index (κ1) is 17.0. The number of carbonyl (C=O) groups excluding carboxylic acids is 1. The fourth-order valence-corrected chi connectivity index (χ4v) is 3.20. The van der Waals surface area contributed by atoms with E-state index < -0.39 is 0 Å². The minimum absolute atomic E-state index is 0.178. The van der Waals surface area contributed by atoms with E-state index in [0.29, 0.717) is 27.8 Å². The van der Waals surface area contributed by atoms with Crippen LogP contribution in [0.2, 0.25) is 0 Å². The standard InChI is InChI=1S/C18H16N2O4S/c1-22-14-8-11(9-15(23-2)16(14)24-3)18(21)25-17-12-6-4-5-7-13(12)19-10-20-17/h4-10H,1-3H3. The Balaban J connectivity index is 1.98. The van der Waals surface area contributed by atoms with Crippen molar-refractivity contribution in [3.05, 3.63) is 48.3 Å². The van der Waals surface area contributed by atoms with Gasteiger partial charge in [0.25, 0.3) is 0 Å². The monoisotopic (exact) mass is 356 g/mol. The fraction of sp³-hybridized carbons (Fsp3) is 0.167. The van der Waals surface area contributed by atoms with Crippen LogP contribution in [0, 0.1) is 0 Å². The largest absolute Gasteiger partial charge is 0.493 e. The smallest absolute Gasteiger partial charge is 0.225 e. The molecule has 6 nitrogen and oxygen atoms in total. The highest BCUT2D eigenvalue weighted by atomic mass is 32.2. The van der Waals surface area contributed by atoms with Crippen molar-refractivity contribution in [2.45, 2.75) is 5.03 Å². The Morgan fingerprint density at radius 1 is 0.960 bits per heavy atom. The molecule has 0 saturated carbocycles. The Morgan fingerprint density at radius 3 is 2.28 bits per heavy atom. The van der Waals surface area contributed by atoms with Crippen LogP contribution in [0.25, 0.3) is 10.9 Å². The Bertz CT molecular complexity index is 900. The van der Waals surface area contributed by atoms with E-state index in [1.807, 2.05) is 24.3 Å². The number of thioether (sulfide) groups is 1. The quantitative estimate of drug-likeness (QED) is 0.511. The number of hydrogen-bond donors (Lipinski definition) is 0. The number of para-hydroxylation sites is 1. The maximum absolute atomic E-state index is 12.7. The van der Waals surface area contributed by atoms with E-state index in [1.54, 1.807) is 12.1 Å². The van der Waals surface area contributed by atoms with Gasteiger partial charge >= 0.3 is 0 Å². The lowest BCUT2D eigenvalue weighted by Crippen LogP contribution is -2.00. The molecule has 3 rings (SSSR count). The van der Waals surface area contributed by atoms with Crippen molar-refractivity contribution >= 4 is 27.8 Å². The van der Waals surface area contributed by atoms with Gasteiger partial charge in [0.2, 0.25) is 10.9 Å². The van der Waals surface area contributed by atoms with Crippen LogP contribution in [-0.4, -0.2) is 36.4 Å². The van der Waals surface area contributed by atoms with Crippen LogP contribution < -0.4 is 14.2 Å². The molecule has 0 saturated heterocycles. The van der Waals surface area contributed by atoms with Crippen molar-refractivity contribution in [1.29, 1.82) is 0 Å². The number of benzene rings is 2. The van der Waals surface area contributed by atoms with Gasteiger partial charge in [0.05, 0.1) is 26.8 Å². The van der Waals surface area contributed by atoms with Crippen molar-refractivity contribution in [3.63, 3.8) is 0 Å². The molecule has 1 heterocycles. The summed E-state index contributed by atoms with van der Waals surface area (Å²) in [4.78, 5) is 21.2. The van der Waals surface area contributed by atoms with Crippen molar-refractivity contribution in [3.8, 4) is 17.2 Å². The molecule has 0 unspecified atom stereocenters. The van der Waals surface area contributed by atoms with Crippen LogP contribution in [0.4, 0.5) is 0 Å². The number of hydrogen-bond acceptors (Lipinski definition) is 7. The molecule has 7 heteroatoms. The van der Waals surface area contributed by atoms with Gasteiger partial charge in [0, 0.05) is 10.9 Å². The van der Waals surface area contributed by atoms with Gasteiger partial charge in [-0.05, 0) is 30.0 Å². The first-order valence-electron chi connectivity index (χ1n) is 7.40. The molecule has 0 amide bonds. The lowest BCUT2D eigenvalue weighted by atomic mass is 10.2. The average molecular weight is 356 g/mol.